The predicted molar refractivity (Wildman–Crippen MR) is 73.8 cm³/mol. The molecule has 1 rings (SSSR count). The van der Waals surface area contributed by atoms with Crippen molar-refractivity contribution in [3.63, 3.8) is 0 Å². The van der Waals surface area contributed by atoms with E-state index in [9.17, 15) is 4.79 Å². The summed E-state index contributed by atoms with van der Waals surface area (Å²) in [5, 5.41) is 2.89. The summed E-state index contributed by atoms with van der Waals surface area (Å²) < 4.78 is 5.65. The van der Waals surface area contributed by atoms with Gasteiger partial charge in [-0.15, -0.1) is 0 Å². The number of aryl methyl sites for hydroxylation is 1. The summed E-state index contributed by atoms with van der Waals surface area (Å²) >= 11 is 0. The number of carbonyl (C=O) groups excluding carboxylic acids is 1. The van der Waals surface area contributed by atoms with Gasteiger partial charge in [0.15, 0.2) is 6.10 Å². The smallest absolute Gasteiger partial charge is 0.260 e. The molecule has 0 aliphatic carbocycles. The standard InChI is InChI=1S/C15H23NO2/c1-4-5-8-11-16-15(17)13(3)18-14-10-7-6-9-12(14)2/h6-7,9-10,13H,4-5,8,11H2,1-3H3,(H,16,17)/t13-/m0/s1. The molecule has 1 aromatic carbocycles. The molecule has 0 radical (unpaired) electrons. The fraction of sp³-hybridized carbons (Fsp3) is 0.533. The quantitative estimate of drug-likeness (QED) is 0.754. The lowest BCUT2D eigenvalue weighted by atomic mass is 10.2. The monoisotopic (exact) mass is 249 g/mol. The number of ether oxygens (including phenoxy) is 1. The first kappa shape index (κ1) is 14.6. The Balaban J connectivity index is 2.38. The van der Waals surface area contributed by atoms with E-state index >= 15 is 0 Å². The van der Waals surface area contributed by atoms with E-state index < -0.39 is 6.10 Å². The fourth-order valence-electron chi connectivity index (χ4n) is 1.66. The molecule has 3 heteroatoms. The summed E-state index contributed by atoms with van der Waals surface area (Å²) in [6, 6.07) is 7.73. The normalized spacial score (nSPS) is 11.9. The Morgan fingerprint density at radius 2 is 2.06 bits per heavy atom. The van der Waals surface area contributed by atoms with Crippen LogP contribution in [0.2, 0.25) is 0 Å². The Labute approximate surface area is 110 Å². The summed E-state index contributed by atoms with van der Waals surface area (Å²) in [7, 11) is 0. The van der Waals surface area contributed by atoms with Gasteiger partial charge in [0.1, 0.15) is 5.75 Å². The Hall–Kier alpha value is -1.51. The molecule has 0 aliphatic rings. The highest BCUT2D eigenvalue weighted by atomic mass is 16.5. The van der Waals surface area contributed by atoms with Gasteiger partial charge in [0, 0.05) is 6.54 Å². The van der Waals surface area contributed by atoms with Crippen LogP contribution in [-0.4, -0.2) is 18.6 Å². The Bertz CT molecular complexity index is 377. The first-order valence-corrected chi connectivity index (χ1v) is 6.65. The average molecular weight is 249 g/mol. The zero-order chi connectivity index (χ0) is 13.4. The molecule has 3 nitrogen and oxygen atoms in total. The topological polar surface area (TPSA) is 38.3 Å². The van der Waals surface area contributed by atoms with Crippen molar-refractivity contribution in [3.8, 4) is 5.75 Å². The van der Waals surface area contributed by atoms with Gasteiger partial charge in [-0.3, -0.25) is 4.79 Å². The first-order chi connectivity index (χ1) is 8.65. The Kier molecular flexibility index (Phi) is 6.26. The van der Waals surface area contributed by atoms with Crippen LogP contribution in [0.4, 0.5) is 0 Å². The molecule has 0 saturated heterocycles. The molecule has 0 unspecified atom stereocenters. The molecule has 18 heavy (non-hydrogen) atoms. The van der Waals surface area contributed by atoms with Gasteiger partial charge in [0.2, 0.25) is 0 Å². The molecular weight excluding hydrogens is 226 g/mol. The minimum absolute atomic E-state index is 0.0469. The van der Waals surface area contributed by atoms with Crippen molar-refractivity contribution in [2.24, 2.45) is 0 Å². The Morgan fingerprint density at radius 1 is 1.33 bits per heavy atom. The number of carbonyl (C=O) groups is 1. The van der Waals surface area contributed by atoms with Crippen molar-refractivity contribution in [1.29, 1.82) is 0 Å². The summed E-state index contributed by atoms with van der Waals surface area (Å²) in [4.78, 5) is 11.8. The number of nitrogens with one attached hydrogen (secondary N) is 1. The second-order valence-electron chi connectivity index (χ2n) is 4.52. The average Bonchev–Trinajstić information content (AvgIpc) is 2.37. The molecule has 0 spiro atoms. The van der Waals surface area contributed by atoms with Crippen LogP contribution in [0.3, 0.4) is 0 Å². The van der Waals surface area contributed by atoms with Gasteiger partial charge in [-0.25, -0.2) is 0 Å². The first-order valence-electron chi connectivity index (χ1n) is 6.65. The van der Waals surface area contributed by atoms with Crippen molar-refractivity contribution in [2.75, 3.05) is 6.54 Å². The number of benzene rings is 1. The number of hydrogen-bond donors (Lipinski definition) is 1. The predicted octanol–water partition coefficient (Wildman–Crippen LogP) is 3.07. The van der Waals surface area contributed by atoms with E-state index in [0.29, 0.717) is 0 Å². The number of unbranched alkanes of at least 4 members (excludes halogenated alkanes) is 2. The lowest BCUT2D eigenvalue weighted by molar-refractivity contribution is -0.127. The third-order valence-corrected chi connectivity index (χ3v) is 2.85. The summed E-state index contributed by atoms with van der Waals surface area (Å²) in [5.41, 5.74) is 1.04. The van der Waals surface area contributed by atoms with Gasteiger partial charge in [0.05, 0.1) is 0 Å². The van der Waals surface area contributed by atoms with Crippen LogP contribution < -0.4 is 10.1 Å². The summed E-state index contributed by atoms with van der Waals surface area (Å²) in [5.74, 6) is 0.725. The molecule has 1 amide bonds. The van der Waals surface area contributed by atoms with E-state index in [1.807, 2.05) is 31.2 Å². The fourth-order valence-corrected chi connectivity index (χ4v) is 1.66. The van der Waals surface area contributed by atoms with Crippen LogP contribution in [0.25, 0.3) is 0 Å². The highest BCUT2D eigenvalue weighted by molar-refractivity contribution is 5.80. The SMILES string of the molecule is CCCCCNC(=O)[C@H](C)Oc1ccccc1C. The molecule has 0 aliphatic heterocycles. The van der Waals surface area contributed by atoms with Crippen molar-refractivity contribution in [2.45, 2.75) is 46.1 Å². The van der Waals surface area contributed by atoms with E-state index in [-0.39, 0.29) is 5.91 Å². The molecule has 0 aromatic heterocycles. The summed E-state index contributed by atoms with van der Waals surface area (Å²) in [6.45, 7) is 6.63. The van der Waals surface area contributed by atoms with Gasteiger partial charge >= 0.3 is 0 Å². The van der Waals surface area contributed by atoms with Gasteiger partial charge in [-0.2, -0.15) is 0 Å². The number of rotatable bonds is 7. The lowest BCUT2D eigenvalue weighted by Gasteiger charge is -2.16. The maximum atomic E-state index is 11.8. The second-order valence-corrected chi connectivity index (χ2v) is 4.52. The largest absolute Gasteiger partial charge is 0.481 e. The number of para-hydroxylation sites is 1. The highest BCUT2D eigenvalue weighted by Crippen LogP contribution is 2.17. The van der Waals surface area contributed by atoms with E-state index in [1.54, 1.807) is 6.92 Å². The molecule has 0 heterocycles. The zero-order valence-electron chi connectivity index (χ0n) is 11.5. The molecular formula is C15H23NO2. The van der Waals surface area contributed by atoms with Crippen LogP contribution in [0, 0.1) is 6.92 Å². The molecule has 1 N–H and O–H groups in total. The highest BCUT2D eigenvalue weighted by Gasteiger charge is 2.14. The van der Waals surface area contributed by atoms with Crippen LogP contribution in [0.15, 0.2) is 24.3 Å². The van der Waals surface area contributed by atoms with Crippen LogP contribution >= 0.6 is 0 Å². The van der Waals surface area contributed by atoms with Crippen molar-refractivity contribution >= 4 is 5.91 Å². The third-order valence-electron chi connectivity index (χ3n) is 2.85. The number of hydrogen-bond acceptors (Lipinski definition) is 2. The van der Waals surface area contributed by atoms with E-state index in [2.05, 4.69) is 12.2 Å². The number of amides is 1. The lowest BCUT2D eigenvalue weighted by Crippen LogP contribution is -2.36. The van der Waals surface area contributed by atoms with Gasteiger partial charge in [0.25, 0.3) is 5.91 Å². The maximum Gasteiger partial charge on any atom is 0.260 e. The van der Waals surface area contributed by atoms with Crippen LogP contribution in [-0.2, 0) is 4.79 Å². The zero-order valence-corrected chi connectivity index (χ0v) is 11.5. The van der Waals surface area contributed by atoms with Gasteiger partial charge < -0.3 is 10.1 Å². The minimum atomic E-state index is -0.451. The molecule has 0 fully saturated rings. The Morgan fingerprint density at radius 3 is 2.72 bits per heavy atom. The summed E-state index contributed by atoms with van der Waals surface area (Å²) in [6.07, 6.45) is 2.88. The second kappa shape index (κ2) is 7.75. The molecule has 1 atom stereocenters. The van der Waals surface area contributed by atoms with Crippen LogP contribution in [0.1, 0.15) is 38.7 Å². The van der Waals surface area contributed by atoms with Crippen LogP contribution in [0.5, 0.6) is 5.75 Å². The van der Waals surface area contributed by atoms with Crippen molar-refractivity contribution < 1.29 is 9.53 Å². The third kappa shape index (κ3) is 4.78. The molecule has 100 valence electrons. The van der Waals surface area contributed by atoms with E-state index in [1.165, 1.54) is 0 Å². The van der Waals surface area contributed by atoms with Crippen molar-refractivity contribution in [3.05, 3.63) is 29.8 Å². The van der Waals surface area contributed by atoms with E-state index in [0.717, 1.165) is 37.1 Å². The minimum Gasteiger partial charge on any atom is -0.481 e. The van der Waals surface area contributed by atoms with Crippen molar-refractivity contribution in [1.82, 2.24) is 5.32 Å². The molecule has 0 saturated carbocycles. The molecule has 1 aromatic rings. The van der Waals surface area contributed by atoms with E-state index in [4.69, 9.17) is 4.74 Å². The maximum absolute atomic E-state index is 11.8. The van der Waals surface area contributed by atoms with Gasteiger partial charge in [-0.1, -0.05) is 38.0 Å². The van der Waals surface area contributed by atoms with Gasteiger partial charge in [-0.05, 0) is 31.9 Å². The molecule has 0 bridgehead atoms.